The fraction of sp³-hybridized carbons (Fsp3) is 0.471. The Hall–Kier alpha value is -1.50. The van der Waals surface area contributed by atoms with E-state index in [2.05, 4.69) is 25.7 Å². The maximum absolute atomic E-state index is 12.6. The summed E-state index contributed by atoms with van der Waals surface area (Å²) in [6.45, 7) is 6.29. The van der Waals surface area contributed by atoms with Crippen LogP contribution in [0.2, 0.25) is 5.02 Å². The maximum atomic E-state index is 12.6. The van der Waals surface area contributed by atoms with Gasteiger partial charge in [0.15, 0.2) is 0 Å². The summed E-state index contributed by atoms with van der Waals surface area (Å²) in [5, 5.41) is 0.498. The molecular formula is C17H21ClN2O. The van der Waals surface area contributed by atoms with Gasteiger partial charge in [0.1, 0.15) is 0 Å². The van der Waals surface area contributed by atoms with Crippen LogP contribution in [-0.2, 0) is 0 Å². The molecule has 3 nitrogen and oxygen atoms in total. The van der Waals surface area contributed by atoms with Crippen LogP contribution in [0.4, 0.5) is 0 Å². The molecule has 0 radical (unpaired) electrons. The van der Waals surface area contributed by atoms with Crippen molar-refractivity contribution in [1.29, 1.82) is 0 Å². The molecule has 1 aliphatic rings. The summed E-state index contributed by atoms with van der Waals surface area (Å²) >= 11 is 6.19. The highest BCUT2D eigenvalue weighted by atomic mass is 35.5. The van der Waals surface area contributed by atoms with Crippen LogP contribution in [0.1, 0.15) is 42.6 Å². The van der Waals surface area contributed by atoms with Crippen molar-refractivity contribution in [2.45, 2.75) is 26.7 Å². The number of hydrogen-bond donors (Lipinski definition) is 1. The molecule has 0 bridgehead atoms. The SMILES string of the molecule is CC1(C)CCCN(C(=O)c2ccc(C#CCN)c(Cl)c2)C1. The second-order valence-electron chi connectivity index (χ2n) is 6.20. The molecule has 0 aliphatic carbocycles. The Morgan fingerprint density at radius 1 is 1.48 bits per heavy atom. The minimum absolute atomic E-state index is 0.0445. The van der Waals surface area contributed by atoms with E-state index in [1.54, 1.807) is 18.2 Å². The minimum atomic E-state index is 0.0445. The number of nitrogens with zero attached hydrogens (tertiary/aromatic N) is 1. The zero-order chi connectivity index (χ0) is 15.5. The van der Waals surface area contributed by atoms with Crippen LogP contribution >= 0.6 is 11.6 Å². The van der Waals surface area contributed by atoms with Gasteiger partial charge in [0.25, 0.3) is 5.91 Å². The molecule has 1 aromatic carbocycles. The van der Waals surface area contributed by atoms with Crippen LogP contribution < -0.4 is 5.73 Å². The van der Waals surface area contributed by atoms with Crippen molar-refractivity contribution in [2.75, 3.05) is 19.6 Å². The molecule has 2 rings (SSSR count). The van der Waals surface area contributed by atoms with E-state index in [1.807, 2.05) is 4.90 Å². The molecule has 1 fully saturated rings. The molecule has 1 aromatic rings. The largest absolute Gasteiger partial charge is 0.338 e. The lowest BCUT2D eigenvalue weighted by atomic mass is 9.84. The number of hydrogen-bond acceptors (Lipinski definition) is 2. The zero-order valence-corrected chi connectivity index (χ0v) is 13.3. The van der Waals surface area contributed by atoms with Gasteiger partial charge in [-0.1, -0.05) is 37.3 Å². The standard InChI is InChI=1S/C17H21ClN2O/c1-17(2)8-4-10-20(12-17)16(21)14-7-6-13(5-3-9-19)15(18)11-14/h6-7,11H,4,8-10,12,19H2,1-2H3. The minimum Gasteiger partial charge on any atom is -0.338 e. The van der Waals surface area contributed by atoms with E-state index in [9.17, 15) is 4.79 Å². The van der Waals surface area contributed by atoms with Crippen molar-refractivity contribution >= 4 is 17.5 Å². The van der Waals surface area contributed by atoms with Crippen LogP contribution in [0.25, 0.3) is 0 Å². The molecule has 4 heteroatoms. The average molecular weight is 305 g/mol. The Morgan fingerprint density at radius 2 is 2.24 bits per heavy atom. The molecule has 2 N–H and O–H groups in total. The number of carbonyl (C=O) groups is 1. The van der Waals surface area contributed by atoms with E-state index in [-0.39, 0.29) is 11.3 Å². The first-order valence-electron chi connectivity index (χ1n) is 7.21. The smallest absolute Gasteiger partial charge is 0.253 e. The van der Waals surface area contributed by atoms with E-state index in [0.29, 0.717) is 22.7 Å². The normalized spacial score (nSPS) is 17.0. The van der Waals surface area contributed by atoms with Crippen LogP contribution in [-0.4, -0.2) is 30.4 Å². The summed E-state index contributed by atoms with van der Waals surface area (Å²) in [5.74, 6) is 5.71. The third kappa shape index (κ3) is 4.00. The first-order chi connectivity index (χ1) is 9.93. The predicted molar refractivity (Wildman–Crippen MR) is 86.3 cm³/mol. The lowest BCUT2D eigenvalue weighted by molar-refractivity contribution is 0.0583. The third-order valence-electron chi connectivity index (χ3n) is 3.73. The van der Waals surface area contributed by atoms with Crippen molar-refractivity contribution in [3.63, 3.8) is 0 Å². The number of amides is 1. The molecule has 0 saturated carbocycles. The van der Waals surface area contributed by atoms with Gasteiger partial charge in [-0.2, -0.15) is 0 Å². The summed E-state index contributed by atoms with van der Waals surface area (Å²) in [7, 11) is 0. The van der Waals surface area contributed by atoms with Gasteiger partial charge in [0.2, 0.25) is 0 Å². The van der Waals surface area contributed by atoms with E-state index in [4.69, 9.17) is 17.3 Å². The maximum Gasteiger partial charge on any atom is 0.253 e. The van der Waals surface area contributed by atoms with Gasteiger partial charge in [0.05, 0.1) is 11.6 Å². The topological polar surface area (TPSA) is 46.3 Å². The molecular weight excluding hydrogens is 284 g/mol. The Balaban J connectivity index is 2.18. The Labute approximate surface area is 131 Å². The number of likely N-dealkylation sites (tertiary alicyclic amines) is 1. The van der Waals surface area contributed by atoms with Gasteiger partial charge in [-0.25, -0.2) is 0 Å². The average Bonchev–Trinajstić information content (AvgIpc) is 2.44. The highest BCUT2D eigenvalue weighted by Crippen LogP contribution is 2.29. The van der Waals surface area contributed by atoms with Crippen LogP contribution in [0.5, 0.6) is 0 Å². The van der Waals surface area contributed by atoms with Crippen molar-refractivity contribution in [2.24, 2.45) is 11.1 Å². The van der Waals surface area contributed by atoms with Gasteiger partial charge in [-0.3, -0.25) is 4.79 Å². The fourth-order valence-electron chi connectivity index (χ4n) is 2.67. The number of nitrogens with two attached hydrogens (primary N) is 1. The molecule has 0 atom stereocenters. The Morgan fingerprint density at radius 3 is 2.86 bits per heavy atom. The summed E-state index contributed by atoms with van der Waals surface area (Å²) in [6, 6.07) is 5.27. The zero-order valence-electron chi connectivity index (χ0n) is 12.6. The van der Waals surface area contributed by atoms with Crippen molar-refractivity contribution in [3.05, 3.63) is 34.3 Å². The van der Waals surface area contributed by atoms with E-state index < -0.39 is 0 Å². The lowest BCUT2D eigenvalue weighted by Gasteiger charge is -2.38. The lowest BCUT2D eigenvalue weighted by Crippen LogP contribution is -2.43. The Kier molecular flexibility index (Phi) is 4.92. The number of rotatable bonds is 1. The number of piperidine rings is 1. The molecule has 112 valence electrons. The Bertz CT molecular complexity index is 599. The molecule has 1 amide bonds. The van der Waals surface area contributed by atoms with Gasteiger partial charge < -0.3 is 10.6 Å². The molecule has 0 spiro atoms. The van der Waals surface area contributed by atoms with Crippen molar-refractivity contribution in [3.8, 4) is 11.8 Å². The highest BCUT2D eigenvalue weighted by molar-refractivity contribution is 6.32. The van der Waals surface area contributed by atoms with Crippen molar-refractivity contribution in [1.82, 2.24) is 4.90 Å². The second kappa shape index (κ2) is 6.51. The summed E-state index contributed by atoms with van der Waals surface area (Å²) < 4.78 is 0. The van der Waals surface area contributed by atoms with E-state index in [0.717, 1.165) is 25.9 Å². The molecule has 0 aromatic heterocycles. The molecule has 1 heterocycles. The molecule has 21 heavy (non-hydrogen) atoms. The summed E-state index contributed by atoms with van der Waals surface area (Å²) in [4.78, 5) is 14.5. The quantitative estimate of drug-likeness (QED) is 0.811. The van der Waals surface area contributed by atoms with Crippen molar-refractivity contribution < 1.29 is 4.79 Å². The molecule has 1 aliphatic heterocycles. The monoisotopic (exact) mass is 304 g/mol. The summed E-state index contributed by atoms with van der Waals surface area (Å²) in [6.07, 6.45) is 2.21. The first kappa shape index (κ1) is 15.9. The van der Waals surface area contributed by atoms with Crippen LogP contribution in [0, 0.1) is 17.3 Å². The summed E-state index contributed by atoms with van der Waals surface area (Å²) in [5.41, 5.74) is 6.86. The molecule has 0 unspecified atom stereocenters. The van der Waals surface area contributed by atoms with E-state index >= 15 is 0 Å². The first-order valence-corrected chi connectivity index (χ1v) is 7.58. The van der Waals surface area contributed by atoms with Gasteiger partial charge in [-0.05, 0) is 36.5 Å². The second-order valence-corrected chi connectivity index (χ2v) is 6.60. The predicted octanol–water partition coefficient (Wildman–Crippen LogP) is 2.91. The van der Waals surface area contributed by atoms with E-state index in [1.165, 1.54) is 0 Å². The third-order valence-corrected chi connectivity index (χ3v) is 4.04. The molecule has 1 saturated heterocycles. The van der Waals surface area contributed by atoms with Crippen LogP contribution in [0.3, 0.4) is 0 Å². The van der Waals surface area contributed by atoms with Gasteiger partial charge in [-0.15, -0.1) is 0 Å². The van der Waals surface area contributed by atoms with Gasteiger partial charge >= 0.3 is 0 Å². The van der Waals surface area contributed by atoms with Gasteiger partial charge in [0, 0.05) is 24.2 Å². The number of carbonyl (C=O) groups excluding carboxylic acids is 1. The fourth-order valence-corrected chi connectivity index (χ4v) is 2.90. The highest BCUT2D eigenvalue weighted by Gasteiger charge is 2.29. The number of halogens is 1. The number of benzene rings is 1. The van der Waals surface area contributed by atoms with Crippen LogP contribution in [0.15, 0.2) is 18.2 Å².